The van der Waals surface area contributed by atoms with Gasteiger partial charge in [0.05, 0.1) is 13.1 Å². The Morgan fingerprint density at radius 1 is 1.50 bits per heavy atom. The third-order valence-electron chi connectivity index (χ3n) is 2.23. The van der Waals surface area contributed by atoms with Gasteiger partial charge in [0.15, 0.2) is 0 Å². The minimum absolute atomic E-state index is 0.0943. The number of hydrogen-bond acceptors (Lipinski definition) is 4. The molecular weight excluding hydrogens is 182 g/mol. The lowest BCUT2D eigenvalue weighted by Gasteiger charge is -2.30. The molecule has 1 aliphatic heterocycles. The van der Waals surface area contributed by atoms with E-state index in [2.05, 4.69) is 10.7 Å². The van der Waals surface area contributed by atoms with Crippen LogP contribution in [0.25, 0.3) is 0 Å². The van der Waals surface area contributed by atoms with Gasteiger partial charge in [-0.1, -0.05) is 6.92 Å². The van der Waals surface area contributed by atoms with Crippen LogP contribution in [0.15, 0.2) is 0 Å². The Morgan fingerprint density at radius 2 is 2.07 bits per heavy atom. The first-order valence-corrected chi connectivity index (χ1v) is 4.58. The molecule has 1 rings (SSSR count). The Balaban J connectivity index is 2.61. The first-order chi connectivity index (χ1) is 6.67. The van der Waals surface area contributed by atoms with Crippen LogP contribution in [0.4, 0.5) is 0 Å². The van der Waals surface area contributed by atoms with Crippen molar-refractivity contribution in [2.24, 2.45) is 0 Å². The van der Waals surface area contributed by atoms with Crippen LogP contribution in [-0.2, 0) is 14.3 Å². The lowest BCUT2D eigenvalue weighted by atomic mass is 10.1. The minimum Gasteiger partial charge on any atom is -0.391 e. The summed E-state index contributed by atoms with van der Waals surface area (Å²) in [6, 6.07) is 0.0943. The molecule has 76 valence electrons. The molecular formula is C10H13NO3. The van der Waals surface area contributed by atoms with E-state index < -0.39 is 11.9 Å². The van der Waals surface area contributed by atoms with Crippen LogP contribution >= 0.6 is 0 Å². The molecule has 0 saturated carbocycles. The van der Waals surface area contributed by atoms with E-state index in [1.54, 1.807) is 4.90 Å². The molecule has 1 saturated heterocycles. The standard InChI is InChI=1S/C10H13NO3/c1-3-5-8(4-2)11-6-9(12)14-10(13)7-11/h1,8H,4-7H2,2H3. The summed E-state index contributed by atoms with van der Waals surface area (Å²) >= 11 is 0. The van der Waals surface area contributed by atoms with Crippen molar-refractivity contribution < 1.29 is 14.3 Å². The Labute approximate surface area is 83.2 Å². The van der Waals surface area contributed by atoms with Crippen molar-refractivity contribution in [1.82, 2.24) is 4.90 Å². The lowest BCUT2D eigenvalue weighted by Crippen LogP contribution is -2.47. The van der Waals surface area contributed by atoms with Gasteiger partial charge in [-0.25, -0.2) is 0 Å². The van der Waals surface area contributed by atoms with Gasteiger partial charge in [0.2, 0.25) is 0 Å². The number of rotatable bonds is 3. The van der Waals surface area contributed by atoms with Gasteiger partial charge in [-0.2, -0.15) is 0 Å². The average Bonchev–Trinajstić information content (AvgIpc) is 2.12. The second kappa shape index (κ2) is 4.77. The third-order valence-corrected chi connectivity index (χ3v) is 2.23. The normalized spacial score (nSPS) is 20.0. The van der Waals surface area contributed by atoms with E-state index >= 15 is 0 Å². The van der Waals surface area contributed by atoms with Gasteiger partial charge in [-0.05, 0) is 6.42 Å². The number of terminal acetylenes is 1. The Bertz CT molecular complexity index is 264. The SMILES string of the molecule is C#CCC(CC)N1CC(=O)OC(=O)C1. The van der Waals surface area contributed by atoms with Crippen LogP contribution in [0, 0.1) is 12.3 Å². The zero-order valence-electron chi connectivity index (χ0n) is 8.16. The highest BCUT2D eigenvalue weighted by Gasteiger charge is 2.28. The summed E-state index contributed by atoms with van der Waals surface area (Å²) in [4.78, 5) is 23.7. The van der Waals surface area contributed by atoms with Crippen LogP contribution in [0.3, 0.4) is 0 Å². The van der Waals surface area contributed by atoms with Gasteiger partial charge < -0.3 is 4.74 Å². The first-order valence-electron chi connectivity index (χ1n) is 4.58. The summed E-state index contributed by atoms with van der Waals surface area (Å²) < 4.78 is 4.42. The van der Waals surface area contributed by atoms with Crippen LogP contribution in [0.2, 0.25) is 0 Å². The van der Waals surface area contributed by atoms with Gasteiger partial charge >= 0.3 is 11.9 Å². The Kier molecular flexibility index (Phi) is 3.66. The predicted molar refractivity (Wildman–Crippen MR) is 50.2 cm³/mol. The molecule has 0 spiro atoms. The lowest BCUT2D eigenvalue weighted by molar-refractivity contribution is -0.168. The number of hydrogen-bond donors (Lipinski definition) is 0. The van der Waals surface area contributed by atoms with Crippen molar-refractivity contribution >= 4 is 11.9 Å². The van der Waals surface area contributed by atoms with Crippen LogP contribution in [0.5, 0.6) is 0 Å². The molecule has 0 aliphatic carbocycles. The fourth-order valence-electron chi connectivity index (χ4n) is 1.50. The monoisotopic (exact) mass is 195 g/mol. The maximum atomic E-state index is 11.0. The Hall–Kier alpha value is -1.34. The predicted octanol–water partition coefficient (Wildman–Crippen LogP) is 0.174. The molecule has 0 radical (unpaired) electrons. The van der Waals surface area contributed by atoms with Crippen molar-refractivity contribution in [3.05, 3.63) is 0 Å². The van der Waals surface area contributed by atoms with Crippen LogP contribution < -0.4 is 0 Å². The van der Waals surface area contributed by atoms with Crippen molar-refractivity contribution in [2.45, 2.75) is 25.8 Å². The molecule has 1 heterocycles. The molecule has 14 heavy (non-hydrogen) atoms. The number of morpholine rings is 1. The molecule has 1 aliphatic rings. The summed E-state index contributed by atoms with van der Waals surface area (Å²) in [6.45, 7) is 2.30. The number of ether oxygens (including phenoxy) is 1. The smallest absolute Gasteiger partial charge is 0.327 e. The van der Waals surface area contributed by atoms with Crippen molar-refractivity contribution in [2.75, 3.05) is 13.1 Å². The van der Waals surface area contributed by atoms with Gasteiger partial charge in [0.25, 0.3) is 0 Å². The highest BCUT2D eigenvalue weighted by molar-refractivity contribution is 5.90. The zero-order chi connectivity index (χ0) is 10.6. The summed E-state index contributed by atoms with van der Waals surface area (Å²) in [5.74, 6) is 1.56. The molecule has 1 atom stereocenters. The van der Waals surface area contributed by atoms with Gasteiger partial charge in [-0.15, -0.1) is 12.3 Å². The molecule has 1 fully saturated rings. The van der Waals surface area contributed by atoms with E-state index in [1.807, 2.05) is 6.92 Å². The van der Waals surface area contributed by atoms with E-state index in [0.29, 0.717) is 6.42 Å². The molecule has 4 nitrogen and oxygen atoms in total. The molecule has 0 bridgehead atoms. The molecule has 0 amide bonds. The maximum absolute atomic E-state index is 11.0. The van der Waals surface area contributed by atoms with E-state index in [0.717, 1.165) is 6.42 Å². The number of carbonyl (C=O) groups excluding carboxylic acids is 2. The van der Waals surface area contributed by atoms with Crippen molar-refractivity contribution in [3.63, 3.8) is 0 Å². The summed E-state index contributed by atoms with van der Waals surface area (Å²) in [7, 11) is 0. The average molecular weight is 195 g/mol. The molecule has 0 N–H and O–H groups in total. The molecule has 0 aromatic heterocycles. The second-order valence-corrected chi connectivity index (χ2v) is 3.22. The highest BCUT2D eigenvalue weighted by atomic mass is 16.6. The number of nitrogens with zero attached hydrogens (tertiary/aromatic N) is 1. The molecule has 1 unspecified atom stereocenters. The van der Waals surface area contributed by atoms with E-state index in [1.165, 1.54) is 0 Å². The quantitative estimate of drug-likeness (QED) is 0.366. The van der Waals surface area contributed by atoms with Gasteiger partial charge in [0, 0.05) is 12.5 Å². The topological polar surface area (TPSA) is 46.6 Å². The fourth-order valence-corrected chi connectivity index (χ4v) is 1.50. The first kappa shape index (κ1) is 10.7. The minimum atomic E-state index is -0.489. The molecule has 0 aromatic carbocycles. The number of esters is 2. The van der Waals surface area contributed by atoms with Crippen LogP contribution in [0.1, 0.15) is 19.8 Å². The highest BCUT2D eigenvalue weighted by Crippen LogP contribution is 2.11. The summed E-state index contributed by atoms with van der Waals surface area (Å²) in [5, 5.41) is 0. The fraction of sp³-hybridized carbons (Fsp3) is 0.600. The van der Waals surface area contributed by atoms with Crippen molar-refractivity contribution in [1.29, 1.82) is 0 Å². The number of cyclic esters (lactones) is 2. The number of carbonyl (C=O) groups is 2. The maximum Gasteiger partial charge on any atom is 0.327 e. The largest absolute Gasteiger partial charge is 0.391 e. The zero-order valence-corrected chi connectivity index (χ0v) is 8.16. The molecule has 4 heteroatoms. The van der Waals surface area contributed by atoms with Gasteiger partial charge in [-0.3, -0.25) is 14.5 Å². The third kappa shape index (κ3) is 2.57. The Morgan fingerprint density at radius 3 is 2.50 bits per heavy atom. The van der Waals surface area contributed by atoms with E-state index in [-0.39, 0.29) is 19.1 Å². The molecule has 0 aromatic rings. The van der Waals surface area contributed by atoms with E-state index in [9.17, 15) is 9.59 Å². The second-order valence-electron chi connectivity index (χ2n) is 3.22. The van der Waals surface area contributed by atoms with E-state index in [4.69, 9.17) is 6.42 Å². The summed E-state index contributed by atoms with van der Waals surface area (Å²) in [5.41, 5.74) is 0. The van der Waals surface area contributed by atoms with Gasteiger partial charge in [0.1, 0.15) is 0 Å². The van der Waals surface area contributed by atoms with Crippen molar-refractivity contribution in [3.8, 4) is 12.3 Å². The summed E-state index contributed by atoms with van der Waals surface area (Å²) in [6.07, 6.45) is 6.58. The van der Waals surface area contributed by atoms with Crippen LogP contribution in [-0.4, -0.2) is 36.0 Å².